The molecule has 2 rings (SSSR count). The maximum Gasteiger partial charge on any atom is 0.232 e. The number of amides is 1. The number of nitrogens with zero attached hydrogens (tertiary/aromatic N) is 1. The molecular weight excluding hydrogens is 196 g/mol. The molecule has 0 aliphatic heterocycles. The molecule has 2 aromatic heterocycles. The van der Waals surface area contributed by atoms with E-state index in [0.29, 0.717) is 5.39 Å². The van der Waals surface area contributed by atoms with Gasteiger partial charge >= 0.3 is 0 Å². The SMILES string of the molecule is CC(=O)Nc1cc(=O)c2cccnc2o1. The van der Waals surface area contributed by atoms with Crippen LogP contribution in [0.3, 0.4) is 0 Å². The number of carbonyl (C=O) groups is 1. The fourth-order valence-electron chi connectivity index (χ4n) is 1.23. The van der Waals surface area contributed by atoms with Gasteiger partial charge in [0.05, 0.1) is 5.39 Å². The summed E-state index contributed by atoms with van der Waals surface area (Å²) in [6.07, 6.45) is 1.52. The van der Waals surface area contributed by atoms with E-state index in [9.17, 15) is 9.59 Å². The summed E-state index contributed by atoms with van der Waals surface area (Å²) in [5.41, 5.74) is -0.0122. The Labute approximate surface area is 84.7 Å². The number of fused-ring (bicyclic) bond motifs is 1. The maximum absolute atomic E-state index is 11.5. The van der Waals surface area contributed by atoms with Gasteiger partial charge in [-0.15, -0.1) is 0 Å². The zero-order valence-corrected chi connectivity index (χ0v) is 7.98. The van der Waals surface area contributed by atoms with Crippen LogP contribution in [0.1, 0.15) is 6.92 Å². The molecule has 1 amide bonds. The summed E-state index contributed by atoms with van der Waals surface area (Å²) in [6, 6.07) is 4.49. The second-order valence-electron chi connectivity index (χ2n) is 3.01. The largest absolute Gasteiger partial charge is 0.422 e. The molecule has 0 aromatic carbocycles. The minimum absolute atomic E-state index is 0.110. The quantitative estimate of drug-likeness (QED) is 0.756. The lowest BCUT2D eigenvalue weighted by Crippen LogP contribution is -2.09. The Hall–Kier alpha value is -2.17. The van der Waals surface area contributed by atoms with Gasteiger partial charge in [-0.25, -0.2) is 4.98 Å². The average Bonchev–Trinajstić information content (AvgIpc) is 2.16. The third kappa shape index (κ3) is 1.85. The minimum Gasteiger partial charge on any atom is -0.422 e. The second-order valence-corrected chi connectivity index (χ2v) is 3.01. The molecule has 5 nitrogen and oxygen atoms in total. The highest BCUT2D eigenvalue weighted by Crippen LogP contribution is 2.12. The van der Waals surface area contributed by atoms with Crippen LogP contribution in [0.4, 0.5) is 5.88 Å². The van der Waals surface area contributed by atoms with Gasteiger partial charge in [0.2, 0.25) is 17.5 Å². The van der Waals surface area contributed by atoms with Crippen LogP contribution in [0.5, 0.6) is 0 Å². The summed E-state index contributed by atoms with van der Waals surface area (Å²) in [7, 11) is 0. The van der Waals surface area contributed by atoms with Crippen molar-refractivity contribution in [1.82, 2.24) is 4.98 Å². The van der Waals surface area contributed by atoms with Crippen LogP contribution in [0.15, 0.2) is 33.6 Å². The highest BCUT2D eigenvalue weighted by molar-refractivity contribution is 5.88. The van der Waals surface area contributed by atoms with Crippen LogP contribution >= 0.6 is 0 Å². The van der Waals surface area contributed by atoms with Crippen molar-refractivity contribution in [3.8, 4) is 0 Å². The number of nitrogens with one attached hydrogen (secondary N) is 1. The first-order valence-electron chi connectivity index (χ1n) is 4.33. The van der Waals surface area contributed by atoms with Crippen molar-refractivity contribution in [2.75, 3.05) is 5.32 Å². The van der Waals surface area contributed by atoms with Crippen molar-refractivity contribution in [2.45, 2.75) is 6.92 Å². The van der Waals surface area contributed by atoms with Crippen LogP contribution in [0, 0.1) is 0 Å². The molecule has 0 saturated carbocycles. The highest BCUT2D eigenvalue weighted by Gasteiger charge is 2.05. The molecule has 0 radical (unpaired) electrons. The molecule has 1 N–H and O–H groups in total. The van der Waals surface area contributed by atoms with E-state index >= 15 is 0 Å². The van der Waals surface area contributed by atoms with E-state index in [-0.39, 0.29) is 22.9 Å². The number of pyridine rings is 1. The molecule has 0 fully saturated rings. The molecule has 0 saturated heterocycles. The molecule has 0 aliphatic carbocycles. The molecule has 0 atom stereocenters. The third-order valence-electron chi connectivity index (χ3n) is 1.80. The minimum atomic E-state index is -0.298. The topological polar surface area (TPSA) is 72.2 Å². The number of rotatable bonds is 1. The summed E-state index contributed by atoms with van der Waals surface area (Å²) in [5, 5.41) is 2.79. The van der Waals surface area contributed by atoms with Gasteiger partial charge in [0.1, 0.15) is 0 Å². The van der Waals surface area contributed by atoms with Gasteiger partial charge in [-0.05, 0) is 12.1 Å². The van der Waals surface area contributed by atoms with Gasteiger partial charge in [0, 0.05) is 19.2 Å². The maximum atomic E-state index is 11.5. The van der Waals surface area contributed by atoms with Crippen molar-refractivity contribution >= 4 is 22.9 Å². The summed E-state index contributed by atoms with van der Waals surface area (Å²) >= 11 is 0. The predicted octanol–water partition coefficient (Wildman–Crippen LogP) is 1.15. The van der Waals surface area contributed by atoms with E-state index in [1.165, 1.54) is 19.2 Å². The molecule has 15 heavy (non-hydrogen) atoms. The smallest absolute Gasteiger partial charge is 0.232 e. The molecular formula is C10H8N2O3. The van der Waals surface area contributed by atoms with Gasteiger partial charge < -0.3 is 4.42 Å². The summed E-state index contributed by atoms with van der Waals surface area (Å²) in [4.78, 5) is 26.2. The Kier molecular flexibility index (Phi) is 2.21. The summed E-state index contributed by atoms with van der Waals surface area (Å²) in [6.45, 7) is 1.34. The number of aromatic nitrogens is 1. The lowest BCUT2D eigenvalue weighted by Gasteiger charge is -2.01. The molecule has 76 valence electrons. The molecule has 0 aliphatic rings. The zero-order chi connectivity index (χ0) is 10.8. The lowest BCUT2D eigenvalue weighted by molar-refractivity contribution is -0.114. The Morgan fingerprint density at radius 1 is 1.53 bits per heavy atom. The van der Waals surface area contributed by atoms with Gasteiger partial charge in [0.15, 0.2) is 5.43 Å². The molecule has 2 aromatic rings. The number of hydrogen-bond donors (Lipinski definition) is 1. The number of anilines is 1. The molecule has 5 heteroatoms. The van der Waals surface area contributed by atoms with Crippen molar-refractivity contribution in [1.29, 1.82) is 0 Å². The Balaban J connectivity index is 2.62. The van der Waals surface area contributed by atoms with E-state index in [1.54, 1.807) is 12.1 Å². The standard InChI is InChI=1S/C10H8N2O3/c1-6(13)12-9-5-8(14)7-3-2-4-11-10(7)15-9/h2-5H,1H3,(H,12,13). The van der Waals surface area contributed by atoms with Gasteiger partial charge in [-0.3, -0.25) is 14.9 Å². The monoisotopic (exact) mass is 204 g/mol. The van der Waals surface area contributed by atoms with Crippen LogP contribution in [-0.2, 0) is 4.79 Å². The summed E-state index contributed by atoms with van der Waals surface area (Å²) < 4.78 is 5.21. The fourth-order valence-corrected chi connectivity index (χ4v) is 1.23. The number of carbonyl (C=O) groups excluding carboxylic acids is 1. The van der Waals surface area contributed by atoms with Crippen LogP contribution in [0.25, 0.3) is 11.1 Å². The van der Waals surface area contributed by atoms with E-state index in [4.69, 9.17) is 4.42 Å². The van der Waals surface area contributed by atoms with Crippen LogP contribution in [-0.4, -0.2) is 10.9 Å². The van der Waals surface area contributed by atoms with Crippen molar-refractivity contribution in [3.05, 3.63) is 34.6 Å². The molecule has 0 bridgehead atoms. The fraction of sp³-hybridized carbons (Fsp3) is 0.100. The molecule has 0 unspecified atom stereocenters. The first-order chi connectivity index (χ1) is 7.16. The first-order valence-corrected chi connectivity index (χ1v) is 4.33. The number of hydrogen-bond acceptors (Lipinski definition) is 4. The first kappa shape index (κ1) is 9.39. The van der Waals surface area contributed by atoms with E-state index < -0.39 is 0 Å². The van der Waals surface area contributed by atoms with E-state index in [2.05, 4.69) is 10.3 Å². The zero-order valence-electron chi connectivity index (χ0n) is 7.98. The normalized spacial score (nSPS) is 10.2. The van der Waals surface area contributed by atoms with Gasteiger partial charge in [-0.1, -0.05) is 0 Å². The highest BCUT2D eigenvalue weighted by atomic mass is 16.4. The average molecular weight is 204 g/mol. The third-order valence-corrected chi connectivity index (χ3v) is 1.80. The molecule has 2 heterocycles. The predicted molar refractivity (Wildman–Crippen MR) is 54.6 cm³/mol. The van der Waals surface area contributed by atoms with Crippen molar-refractivity contribution in [2.24, 2.45) is 0 Å². The molecule has 0 spiro atoms. The Morgan fingerprint density at radius 3 is 3.07 bits per heavy atom. The Bertz CT molecular complexity index is 574. The lowest BCUT2D eigenvalue weighted by atomic mass is 10.3. The van der Waals surface area contributed by atoms with Gasteiger partial charge in [0.25, 0.3) is 0 Å². The van der Waals surface area contributed by atoms with Crippen LogP contribution < -0.4 is 10.7 Å². The van der Waals surface area contributed by atoms with E-state index in [1.807, 2.05) is 0 Å². The van der Waals surface area contributed by atoms with E-state index in [0.717, 1.165) is 0 Å². The van der Waals surface area contributed by atoms with Crippen molar-refractivity contribution < 1.29 is 9.21 Å². The summed E-state index contributed by atoms with van der Waals surface area (Å²) in [5.74, 6) is -0.188. The van der Waals surface area contributed by atoms with Crippen molar-refractivity contribution in [3.63, 3.8) is 0 Å². The van der Waals surface area contributed by atoms with Crippen LogP contribution in [0.2, 0.25) is 0 Å². The Morgan fingerprint density at radius 2 is 2.33 bits per heavy atom. The second kappa shape index (κ2) is 3.53. The van der Waals surface area contributed by atoms with Gasteiger partial charge in [-0.2, -0.15) is 0 Å².